The van der Waals surface area contributed by atoms with Crippen LogP contribution in [-0.2, 0) is 4.74 Å². The zero-order chi connectivity index (χ0) is 26.7. The van der Waals surface area contributed by atoms with E-state index >= 15 is 0 Å². The molecule has 194 valence electrons. The van der Waals surface area contributed by atoms with Gasteiger partial charge in [0.1, 0.15) is 22.4 Å². The molecule has 3 aromatic carbocycles. The van der Waals surface area contributed by atoms with E-state index in [0.29, 0.717) is 26.1 Å². The normalized spacial score (nSPS) is 17.1. The number of nitro benzene ring substituents is 2. The van der Waals surface area contributed by atoms with E-state index < -0.39 is 9.85 Å². The lowest BCUT2D eigenvalue weighted by molar-refractivity contribution is -0.384. The first-order chi connectivity index (χ1) is 17.7. The van der Waals surface area contributed by atoms with Gasteiger partial charge in [-0.15, -0.1) is 0 Å². The number of hydrogen-bond acceptors (Lipinski definition) is 7. The smallest absolute Gasteiger partial charge is 0.288 e. The van der Waals surface area contributed by atoms with Gasteiger partial charge in [0.15, 0.2) is 0 Å². The fourth-order valence-electron chi connectivity index (χ4n) is 4.77. The van der Waals surface area contributed by atoms with Gasteiger partial charge in [0.05, 0.1) is 28.5 Å². The second kappa shape index (κ2) is 11.3. The van der Waals surface area contributed by atoms with Gasteiger partial charge in [0.2, 0.25) is 0 Å². The maximum Gasteiger partial charge on any atom is 0.288 e. The zero-order valence-electron chi connectivity index (χ0n) is 20.2. The van der Waals surface area contributed by atoms with Crippen LogP contribution < -0.4 is 9.64 Å². The highest BCUT2D eigenvalue weighted by molar-refractivity contribution is 6.33. The van der Waals surface area contributed by atoms with Crippen LogP contribution >= 0.6 is 23.2 Å². The highest BCUT2D eigenvalue weighted by Gasteiger charge is 2.37. The minimum Gasteiger partial charge on any atom is -0.491 e. The van der Waals surface area contributed by atoms with E-state index in [1.165, 1.54) is 24.3 Å². The highest BCUT2D eigenvalue weighted by Crippen LogP contribution is 2.49. The first-order valence-electron chi connectivity index (χ1n) is 11.6. The van der Waals surface area contributed by atoms with Crippen molar-refractivity contribution in [2.45, 2.75) is 31.8 Å². The van der Waals surface area contributed by atoms with Crippen LogP contribution in [0.25, 0.3) is 0 Å². The summed E-state index contributed by atoms with van der Waals surface area (Å²) in [7, 11) is 1.61. The number of rotatable bonds is 9. The molecule has 1 heterocycles. The summed E-state index contributed by atoms with van der Waals surface area (Å²) < 4.78 is 10.9. The van der Waals surface area contributed by atoms with Crippen LogP contribution in [0, 0.1) is 27.2 Å². The summed E-state index contributed by atoms with van der Waals surface area (Å²) in [5, 5.41) is 23.2. The number of aryl methyl sites for hydroxylation is 1. The fraction of sp³-hybridized carbons (Fsp3) is 0.308. The fourth-order valence-corrected chi connectivity index (χ4v) is 5.14. The van der Waals surface area contributed by atoms with Crippen LogP contribution in [0.15, 0.2) is 54.6 Å². The van der Waals surface area contributed by atoms with E-state index in [9.17, 15) is 20.2 Å². The minimum absolute atomic E-state index is 0.0663. The van der Waals surface area contributed by atoms with Gasteiger partial charge in [-0.25, -0.2) is 0 Å². The lowest BCUT2D eigenvalue weighted by Gasteiger charge is -2.33. The van der Waals surface area contributed by atoms with Crippen molar-refractivity contribution >= 4 is 40.3 Å². The quantitative estimate of drug-likeness (QED) is 0.158. The molecule has 3 aromatic rings. The topological polar surface area (TPSA) is 108 Å². The predicted molar refractivity (Wildman–Crippen MR) is 142 cm³/mol. The molecule has 37 heavy (non-hydrogen) atoms. The van der Waals surface area contributed by atoms with Crippen molar-refractivity contribution in [2.75, 3.05) is 25.2 Å². The van der Waals surface area contributed by atoms with Crippen LogP contribution in [0.2, 0.25) is 10.0 Å². The molecule has 9 nitrogen and oxygen atoms in total. The average molecular weight is 546 g/mol. The van der Waals surface area contributed by atoms with Crippen molar-refractivity contribution < 1.29 is 19.3 Å². The molecule has 1 fully saturated rings. The molecule has 0 N–H and O–H groups in total. The molecular formula is C26H25Cl2N3O6. The third-order valence-corrected chi connectivity index (χ3v) is 7.13. The van der Waals surface area contributed by atoms with Crippen molar-refractivity contribution in [3.63, 3.8) is 0 Å². The number of benzene rings is 3. The van der Waals surface area contributed by atoms with Crippen LogP contribution in [0.1, 0.15) is 41.6 Å². The van der Waals surface area contributed by atoms with Crippen LogP contribution in [0.3, 0.4) is 0 Å². The SMILES string of the molecule is COCCOc1ccc(N2[C@@H](c3ccc(Cl)c([N+](=O)[O-])c3)CC[C@@H]2c2ccc(Cl)c([N+](=O)[O-])c2)cc1C. The molecule has 11 heteroatoms. The Morgan fingerprint density at radius 1 is 0.865 bits per heavy atom. The van der Waals surface area contributed by atoms with E-state index in [4.69, 9.17) is 32.7 Å². The molecule has 0 aliphatic carbocycles. The van der Waals surface area contributed by atoms with Gasteiger partial charge in [-0.3, -0.25) is 20.2 Å². The van der Waals surface area contributed by atoms with Crippen molar-refractivity contribution in [3.8, 4) is 5.75 Å². The first-order valence-corrected chi connectivity index (χ1v) is 12.3. The summed E-state index contributed by atoms with van der Waals surface area (Å²) in [6.07, 6.45) is 1.34. The Hall–Kier alpha value is -3.40. The summed E-state index contributed by atoms with van der Waals surface area (Å²) in [4.78, 5) is 24.3. The Balaban J connectivity index is 1.79. The number of methoxy groups -OCH3 is 1. The van der Waals surface area contributed by atoms with Crippen LogP contribution in [-0.4, -0.2) is 30.2 Å². The molecule has 0 aromatic heterocycles. The second-order valence-electron chi connectivity index (χ2n) is 8.74. The highest BCUT2D eigenvalue weighted by atomic mass is 35.5. The average Bonchev–Trinajstić information content (AvgIpc) is 3.30. The van der Waals surface area contributed by atoms with Crippen molar-refractivity contribution in [3.05, 3.63) is 102 Å². The molecule has 0 bridgehead atoms. The summed E-state index contributed by atoms with van der Waals surface area (Å²) in [5.74, 6) is 0.720. The van der Waals surface area contributed by atoms with E-state index in [1.54, 1.807) is 19.2 Å². The second-order valence-corrected chi connectivity index (χ2v) is 9.56. The van der Waals surface area contributed by atoms with Gasteiger partial charge < -0.3 is 14.4 Å². The summed E-state index contributed by atoms with van der Waals surface area (Å²) >= 11 is 12.1. The summed E-state index contributed by atoms with van der Waals surface area (Å²) in [5.41, 5.74) is 2.91. The van der Waals surface area contributed by atoms with Crippen LogP contribution in [0.4, 0.5) is 17.1 Å². The van der Waals surface area contributed by atoms with Crippen molar-refractivity contribution in [1.82, 2.24) is 0 Å². The maximum absolute atomic E-state index is 11.6. The number of nitro groups is 2. The molecule has 0 unspecified atom stereocenters. The van der Waals surface area contributed by atoms with Gasteiger partial charge in [-0.2, -0.15) is 0 Å². The molecule has 0 radical (unpaired) electrons. The maximum atomic E-state index is 11.6. The van der Waals surface area contributed by atoms with E-state index in [-0.39, 0.29) is 33.5 Å². The number of ether oxygens (including phenoxy) is 2. The van der Waals surface area contributed by atoms with E-state index in [2.05, 4.69) is 4.90 Å². The zero-order valence-corrected chi connectivity index (χ0v) is 21.7. The molecule has 1 aliphatic rings. The Morgan fingerprint density at radius 3 is 1.86 bits per heavy atom. The van der Waals surface area contributed by atoms with Gasteiger partial charge >= 0.3 is 0 Å². The number of hydrogen-bond donors (Lipinski definition) is 0. The van der Waals surface area contributed by atoms with E-state index in [1.807, 2.05) is 25.1 Å². The molecule has 0 amide bonds. The molecular weight excluding hydrogens is 521 g/mol. The lowest BCUT2D eigenvalue weighted by Crippen LogP contribution is -2.26. The van der Waals surface area contributed by atoms with Gasteiger partial charge in [-0.1, -0.05) is 35.3 Å². The van der Waals surface area contributed by atoms with Gasteiger partial charge in [-0.05, 0) is 66.8 Å². The molecule has 2 atom stereocenters. The van der Waals surface area contributed by atoms with Gasteiger partial charge in [0.25, 0.3) is 11.4 Å². The standard InChI is InChI=1S/C26H25Cl2N3O6/c1-16-13-19(5-10-26(16)37-12-11-36-2)29-22(17-3-6-20(27)24(14-17)30(32)33)8-9-23(29)18-4-7-21(28)25(15-18)31(34)35/h3-7,10,13-15,22-23H,8-9,11-12H2,1-2H3/t22-,23-/m1/s1. The van der Waals surface area contributed by atoms with Gasteiger partial charge in [0, 0.05) is 24.9 Å². The largest absolute Gasteiger partial charge is 0.491 e. The number of halogens is 2. The monoisotopic (exact) mass is 545 g/mol. The number of nitrogens with zero attached hydrogens (tertiary/aromatic N) is 3. The Morgan fingerprint density at radius 2 is 1.41 bits per heavy atom. The third-order valence-electron chi connectivity index (χ3n) is 6.49. The minimum atomic E-state index is -0.499. The summed E-state index contributed by atoms with van der Waals surface area (Å²) in [6, 6.07) is 15.0. The molecule has 0 spiro atoms. The van der Waals surface area contributed by atoms with E-state index in [0.717, 1.165) is 28.1 Å². The third kappa shape index (κ3) is 5.64. The first kappa shape index (κ1) is 26.7. The Kier molecular flexibility index (Phi) is 8.16. The Bertz CT molecular complexity index is 1260. The molecule has 4 rings (SSSR count). The Labute approximate surface area is 223 Å². The molecule has 1 aliphatic heterocycles. The molecule has 0 saturated carbocycles. The number of anilines is 1. The van der Waals surface area contributed by atoms with Crippen molar-refractivity contribution in [2.24, 2.45) is 0 Å². The molecule has 1 saturated heterocycles. The van der Waals surface area contributed by atoms with Crippen LogP contribution in [0.5, 0.6) is 5.75 Å². The lowest BCUT2D eigenvalue weighted by atomic mass is 10.0. The predicted octanol–water partition coefficient (Wildman–Crippen LogP) is 7.23. The van der Waals surface area contributed by atoms with Crippen molar-refractivity contribution in [1.29, 1.82) is 0 Å². The summed E-state index contributed by atoms with van der Waals surface area (Å²) in [6.45, 7) is 2.81.